The smallest absolute Gasteiger partial charge is 0.434 e. The van der Waals surface area contributed by atoms with Crippen LogP contribution in [-0.4, -0.2) is 32.3 Å². The number of unbranched alkanes of at least 4 members (excludes halogenated alkanes) is 1. The van der Waals surface area contributed by atoms with Gasteiger partial charge in [-0.3, -0.25) is 4.79 Å². The molecule has 5 nitrogen and oxygen atoms in total. The van der Waals surface area contributed by atoms with Gasteiger partial charge in [0.25, 0.3) is 0 Å². The molecule has 0 aliphatic heterocycles. The Bertz CT molecular complexity index is 464. The molecule has 0 atom stereocenters. The summed E-state index contributed by atoms with van der Waals surface area (Å²) in [6.07, 6.45) is 1.35. The van der Waals surface area contributed by atoms with E-state index in [-0.39, 0.29) is 13.2 Å². The van der Waals surface area contributed by atoms with Gasteiger partial charge in [0.05, 0.1) is 13.2 Å². The molecule has 0 N–H and O–H groups in total. The van der Waals surface area contributed by atoms with Crippen LogP contribution in [0.3, 0.4) is 0 Å². The van der Waals surface area contributed by atoms with E-state index in [9.17, 15) is 9.59 Å². The minimum absolute atomic E-state index is 0.236. The number of hydrogen-bond donors (Lipinski definition) is 0. The van der Waals surface area contributed by atoms with Gasteiger partial charge in [-0.2, -0.15) is 0 Å². The van der Waals surface area contributed by atoms with Gasteiger partial charge in [-0.1, -0.05) is 24.3 Å². The molecular weight excluding hydrogens is 272 g/mol. The van der Waals surface area contributed by atoms with Crippen LogP contribution in [0.2, 0.25) is 0 Å². The monoisotopic (exact) mass is 292 g/mol. The molecule has 0 aromatic heterocycles. The summed E-state index contributed by atoms with van der Waals surface area (Å²) < 4.78 is 15.1. The molecule has 0 aliphatic carbocycles. The first-order valence-corrected chi connectivity index (χ1v) is 6.74. The summed E-state index contributed by atoms with van der Waals surface area (Å²) in [6.45, 7) is 6.44. The van der Waals surface area contributed by atoms with Gasteiger partial charge in [0, 0.05) is 12.2 Å². The van der Waals surface area contributed by atoms with Crippen molar-refractivity contribution in [3.63, 3.8) is 0 Å². The first kappa shape index (κ1) is 16.9. The highest BCUT2D eigenvalue weighted by Crippen LogP contribution is 2.12. The van der Waals surface area contributed by atoms with Crippen molar-refractivity contribution in [2.75, 3.05) is 19.8 Å². The van der Waals surface area contributed by atoms with Gasteiger partial charge in [-0.15, -0.1) is 0 Å². The van der Waals surface area contributed by atoms with E-state index in [0.29, 0.717) is 30.6 Å². The molecule has 0 heterocycles. The van der Waals surface area contributed by atoms with Crippen molar-refractivity contribution < 1.29 is 23.8 Å². The van der Waals surface area contributed by atoms with Gasteiger partial charge in [0.2, 0.25) is 0 Å². The Kier molecular flexibility index (Phi) is 7.82. The second kappa shape index (κ2) is 9.72. The van der Waals surface area contributed by atoms with E-state index in [1.54, 1.807) is 12.1 Å². The zero-order valence-corrected chi connectivity index (χ0v) is 12.2. The first-order valence-electron chi connectivity index (χ1n) is 6.74. The van der Waals surface area contributed by atoms with E-state index in [4.69, 9.17) is 14.2 Å². The summed E-state index contributed by atoms with van der Waals surface area (Å²) in [5, 5.41) is 0. The van der Waals surface area contributed by atoms with Gasteiger partial charge in [-0.05, 0) is 31.9 Å². The normalized spacial score (nSPS) is 9.95. The fourth-order valence-corrected chi connectivity index (χ4v) is 1.43. The van der Waals surface area contributed by atoms with E-state index >= 15 is 0 Å². The van der Waals surface area contributed by atoms with Crippen molar-refractivity contribution >= 4 is 12.4 Å². The molecule has 0 radical (unpaired) electrons. The van der Waals surface area contributed by atoms with Crippen molar-refractivity contribution in [2.45, 2.75) is 19.8 Å². The second-order valence-corrected chi connectivity index (χ2v) is 4.55. The average Bonchev–Trinajstić information content (AvgIpc) is 2.48. The molecule has 0 amide bonds. The summed E-state index contributed by atoms with van der Waals surface area (Å²) in [5.41, 5.74) is 1.50. The summed E-state index contributed by atoms with van der Waals surface area (Å²) >= 11 is 0. The molecule has 114 valence electrons. The largest absolute Gasteiger partial charge is 0.513 e. The molecule has 0 saturated carbocycles. The molecule has 1 rings (SSSR count). The number of aldehydes is 1. The number of aryl methyl sites for hydroxylation is 1. The van der Waals surface area contributed by atoms with Crippen LogP contribution in [0.5, 0.6) is 5.75 Å². The topological polar surface area (TPSA) is 61.8 Å². The molecule has 21 heavy (non-hydrogen) atoms. The molecular formula is C16H20O5. The number of ether oxygens (including phenoxy) is 3. The van der Waals surface area contributed by atoms with Crippen LogP contribution in [0.15, 0.2) is 36.4 Å². The van der Waals surface area contributed by atoms with Gasteiger partial charge in [0.1, 0.15) is 12.0 Å². The van der Waals surface area contributed by atoms with Gasteiger partial charge in [-0.25, -0.2) is 4.79 Å². The zero-order chi connectivity index (χ0) is 15.5. The van der Waals surface area contributed by atoms with Crippen molar-refractivity contribution in [1.82, 2.24) is 0 Å². The fourth-order valence-electron chi connectivity index (χ4n) is 1.43. The highest BCUT2D eigenvalue weighted by molar-refractivity contribution is 5.72. The van der Waals surface area contributed by atoms with Crippen molar-refractivity contribution in [1.29, 1.82) is 0 Å². The van der Waals surface area contributed by atoms with Crippen LogP contribution in [0, 0.1) is 6.92 Å². The van der Waals surface area contributed by atoms with Crippen LogP contribution in [0.1, 0.15) is 18.4 Å². The molecule has 0 fully saturated rings. The van der Waals surface area contributed by atoms with Crippen molar-refractivity contribution in [3.05, 3.63) is 42.0 Å². The van der Waals surface area contributed by atoms with Gasteiger partial charge >= 0.3 is 6.16 Å². The predicted octanol–water partition coefficient (Wildman–Crippen LogP) is 3.06. The molecule has 0 bridgehead atoms. The number of carbonyl (C=O) groups is 2. The highest BCUT2D eigenvalue weighted by atomic mass is 16.7. The number of hydrogen-bond acceptors (Lipinski definition) is 5. The Morgan fingerprint density at radius 3 is 2.52 bits per heavy atom. The molecule has 0 spiro atoms. The van der Waals surface area contributed by atoms with E-state index in [1.807, 2.05) is 19.1 Å². The summed E-state index contributed by atoms with van der Waals surface area (Å²) in [6, 6.07) is 7.13. The Hall–Kier alpha value is -2.14. The van der Waals surface area contributed by atoms with Crippen molar-refractivity contribution in [2.24, 2.45) is 0 Å². The Morgan fingerprint density at radius 2 is 1.86 bits per heavy atom. The van der Waals surface area contributed by atoms with Crippen LogP contribution in [0.25, 0.3) is 0 Å². The summed E-state index contributed by atoms with van der Waals surface area (Å²) in [5.74, 6) is 0.460. The SMILES string of the molecule is C=C(C=O)COCCCCOC(=O)Oc1ccc(C)cc1. The Balaban J connectivity index is 2.04. The Labute approximate surface area is 124 Å². The molecule has 5 heteroatoms. The molecule has 1 aromatic carbocycles. The third kappa shape index (κ3) is 7.89. The summed E-state index contributed by atoms with van der Waals surface area (Å²) in [4.78, 5) is 21.7. The number of carbonyl (C=O) groups excluding carboxylic acids is 2. The highest BCUT2D eigenvalue weighted by Gasteiger charge is 2.05. The van der Waals surface area contributed by atoms with Crippen LogP contribution >= 0.6 is 0 Å². The lowest BCUT2D eigenvalue weighted by Crippen LogP contribution is -2.12. The van der Waals surface area contributed by atoms with Crippen LogP contribution in [-0.2, 0) is 14.3 Å². The van der Waals surface area contributed by atoms with E-state index < -0.39 is 6.16 Å². The maximum absolute atomic E-state index is 11.4. The Morgan fingerprint density at radius 1 is 1.19 bits per heavy atom. The van der Waals surface area contributed by atoms with Crippen LogP contribution in [0.4, 0.5) is 4.79 Å². The predicted molar refractivity (Wildman–Crippen MR) is 78.4 cm³/mol. The quantitative estimate of drug-likeness (QED) is 0.230. The van der Waals surface area contributed by atoms with Crippen molar-refractivity contribution in [3.8, 4) is 5.75 Å². The standard InChI is InChI=1S/C16H20O5/c1-13-5-7-15(8-6-13)21-16(18)20-10-4-3-9-19-12-14(2)11-17/h5-8,11H,2-4,9-10,12H2,1H3. The molecule has 0 saturated heterocycles. The molecule has 0 unspecified atom stereocenters. The third-order valence-corrected chi connectivity index (χ3v) is 2.58. The fraction of sp³-hybridized carbons (Fsp3) is 0.375. The summed E-state index contributed by atoms with van der Waals surface area (Å²) in [7, 11) is 0. The maximum atomic E-state index is 11.4. The number of benzene rings is 1. The van der Waals surface area contributed by atoms with Crippen LogP contribution < -0.4 is 4.74 Å². The minimum Gasteiger partial charge on any atom is -0.434 e. The molecule has 1 aromatic rings. The first-order chi connectivity index (χ1) is 10.1. The van der Waals surface area contributed by atoms with Gasteiger partial charge < -0.3 is 14.2 Å². The van der Waals surface area contributed by atoms with Gasteiger partial charge in [0.15, 0.2) is 0 Å². The second-order valence-electron chi connectivity index (χ2n) is 4.55. The minimum atomic E-state index is -0.714. The molecule has 0 aliphatic rings. The zero-order valence-electron chi connectivity index (χ0n) is 12.2. The lowest BCUT2D eigenvalue weighted by atomic mass is 10.2. The lowest BCUT2D eigenvalue weighted by Gasteiger charge is -2.06. The van der Waals surface area contributed by atoms with E-state index in [0.717, 1.165) is 12.0 Å². The van der Waals surface area contributed by atoms with E-state index in [2.05, 4.69) is 6.58 Å². The maximum Gasteiger partial charge on any atom is 0.513 e. The average molecular weight is 292 g/mol. The third-order valence-electron chi connectivity index (χ3n) is 2.58. The lowest BCUT2D eigenvalue weighted by molar-refractivity contribution is -0.105. The number of rotatable bonds is 9. The van der Waals surface area contributed by atoms with E-state index in [1.165, 1.54) is 0 Å².